The van der Waals surface area contributed by atoms with Gasteiger partial charge in [-0.25, -0.2) is 4.99 Å². The second-order valence-electron chi connectivity index (χ2n) is 8.51. The van der Waals surface area contributed by atoms with Crippen molar-refractivity contribution in [2.75, 3.05) is 25.5 Å². The molecule has 0 aliphatic carbocycles. The Morgan fingerprint density at radius 1 is 1.24 bits per heavy atom. The van der Waals surface area contributed by atoms with E-state index < -0.39 is 0 Å². The highest BCUT2D eigenvalue weighted by Crippen LogP contribution is 2.38. The number of methoxy groups -OCH3 is 1. The van der Waals surface area contributed by atoms with E-state index in [1.54, 1.807) is 25.6 Å². The maximum Gasteiger partial charge on any atom is 0.278 e. The quantitative estimate of drug-likeness (QED) is 0.508. The number of piperidine rings is 1. The number of aromatic nitrogens is 2. The van der Waals surface area contributed by atoms with Crippen molar-refractivity contribution in [3.8, 4) is 28.3 Å². The van der Waals surface area contributed by atoms with Crippen LogP contribution in [0.3, 0.4) is 0 Å². The third-order valence-corrected chi connectivity index (χ3v) is 6.40. The van der Waals surface area contributed by atoms with Crippen molar-refractivity contribution in [1.29, 1.82) is 0 Å². The molecule has 172 valence electrons. The minimum atomic E-state index is -0.327. The molecule has 2 aromatic heterocycles. The second kappa shape index (κ2) is 8.72. The van der Waals surface area contributed by atoms with E-state index in [1.807, 2.05) is 30.3 Å². The van der Waals surface area contributed by atoms with Crippen LogP contribution in [0.2, 0.25) is 0 Å². The smallest absolute Gasteiger partial charge is 0.278 e. The van der Waals surface area contributed by atoms with Crippen molar-refractivity contribution < 1.29 is 14.3 Å². The molecule has 1 spiro atoms. The molecule has 1 unspecified atom stereocenters. The van der Waals surface area contributed by atoms with Crippen molar-refractivity contribution in [1.82, 2.24) is 15.3 Å². The predicted octanol–water partition coefficient (Wildman–Crippen LogP) is 3.72. The third-order valence-electron chi connectivity index (χ3n) is 6.40. The van der Waals surface area contributed by atoms with Crippen LogP contribution in [0, 0.1) is 0 Å². The maximum absolute atomic E-state index is 12.6. The van der Waals surface area contributed by atoms with Crippen molar-refractivity contribution in [2.45, 2.75) is 18.3 Å². The Bertz CT molecular complexity index is 1320. The van der Waals surface area contributed by atoms with Crippen LogP contribution in [-0.2, 0) is 10.2 Å². The molecule has 0 radical (unpaired) electrons. The van der Waals surface area contributed by atoms with Gasteiger partial charge in [0.2, 0.25) is 5.91 Å². The van der Waals surface area contributed by atoms with Gasteiger partial charge in [0, 0.05) is 41.5 Å². The summed E-state index contributed by atoms with van der Waals surface area (Å²) in [6, 6.07) is 11.2. The Morgan fingerprint density at radius 3 is 2.88 bits per heavy atom. The second-order valence-corrected chi connectivity index (χ2v) is 8.51. The van der Waals surface area contributed by atoms with Crippen molar-refractivity contribution in [3.63, 3.8) is 0 Å². The number of anilines is 1. The molecular weight excluding hydrogens is 430 g/mol. The van der Waals surface area contributed by atoms with E-state index in [9.17, 15) is 9.59 Å². The molecule has 5 rings (SSSR count). The summed E-state index contributed by atoms with van der Waals surface area (Å²) in [5.41, 5.74) is 5.06. The summed E-state index contributed by atoms with van der Waals surface area (Å²) in [7, 11) is 1.55. The lowest BCUT2D eigenvalue weighted by atomic mass is 9.76. The molecule has 2 aliphatic heterocycles. The molecule has 4 heterocycles. The van der Waals surface area contributed by atoms with Gasteiger partial charge in [-0.3, -0.25) is 14.6 Å². The third kappa shape index (κ3) is 3.82. The van der Waals surface area contributed by atoms with Crippen LogP contribution < -0.4 is 15.4 Å². The van der Waals surface area contributed by atoms with Crippen LogP contribution in [0.1, 0.15) is 28.9 Å². The normalized spacial score (nSPS) is 19.0. The van der Waals surface area contributed by atoms with E-state index >= 15 is 0 Å². The highest BCUT2D eigenvalue weighted by molar-refractivity contribution is 6.06. The Kier molecular flexibility index (Phi) is 5.59. The Hall–Kier alpha value is -4.04. The van der Waals surface area contributed by atoms with Crippen LogP contribution >= 0.6 is 0 Å². The summed E-state index contributed by atoms with van der Waals surface area (Å²) >= 11 is 0. The molecule has 2 aliphatic rings. The zero-order valence-electron chi connectivity index (χ0n) is 18.9. The summed E-state index contributed by atoms with van der Waals surface area (Å²) in [6.07, 6.45) is 6.70. The van der Waals surface area contributed by atoms with Crippen LogP contribution in [0.15, 0.2) is 60.2 Å². The fourth-order valence-electron chi connectivity index (χ4n) is 4.64. The zero-order chi connectivity index (χ0) is 23.7. The summed E-state index contributed by atoms with van der Waals surface area (Å²) < 4.78 is 5.36. The number of H-pyrrole nitrogens is 1. The SMILES string of the molecule is C=CC(=O)Nc1cc(-c2cc(-c3cc4c([nH]3)C3(C=NC4=O)CCCNC3)ccn2)ccc1OC. The van der Waals surface area contributed by atoms with Gasteiger partial charge >= 0.3 is 0 Å². The number of nitrogens with one attached hydrogen (secondary N) is 3. The molecule has 8 heteroatoms. The van der Waals surface area contributed by atoms with E-state index in [2.05, 4.69) is 32.2 Å². The summed E-state index contributed by atoms with van der Waals surface area (Å²) in [5.74, 6) is -0.00933. The number of hydrogen-bond donors (Lipinski definition) is 3. The fraction of sp³-hybridized carbons (Fsp3) is 0.231. The van der Waals surface area contributed by atoms with Gasteiger partial charge in [0.1, 0.15) is 5.75 Å². The van der Waals surface area contributed by atoms with Gasteiger partial charge in [-0.15, -0.1) is 0 Å². The number of benzene rings is 1. The molecule has 8 nitrogen and oxygen atoms in total. The van der Waals surface area contributed by atoms with Crippen LogP contribution in [0.25, 0.3) is 22.5 Å². The Morgan fingerprint density at radius 2 is 2.12 bits per heavy atom. The zero-order valence-corrected chi connectivity index (χ0v) is 18.9. The van der Waals surface area contributed by atoms with Crippen molar-refractivity contribution in [3.05, 3.63) is 66.5 Å². The van der Waals surface area contributed by atoms with Crippen molar-refractivity contribution >= 4 is 23.7 Å². The largest absolute Gasteiger partial charge is 0.495 e. The number of amides is 2. The number of aliphatic imine (C=N–C) groups is 1. The van der Waals surface area contributed by atoms with Gasteiger partial charge in [-0.1, -0.05) is 6.58 Å². The lowest BCUT2D eigenvalue weighted by Crippen LogP contribution is -2.47. The lowest BCUT2D eigenvalue weighted by molar-refractivity contribution is -0.111. The predicted molar refractivity (Wildman–Crippen MR) is 131 cm³/mol. The summed E-state index contributed by atoms with van der Waals surface area (Å²) in [5, 5.41) is 6.20. The molecular formula is C26H25N5O3. The number of nitrogens with zero attached hydrogens (tertiary/aromatic N) is 2. The van der Waals surface area contributed by atoms with Gasteiger partial charge in [-0.2, -0.15) is 0 Å². The van der Waals surface area contributed by atoms with E-state index in [-0.39, 0.29) is 17.2 Å². The minimum absolute atomic E-state index is 0.222. The molecule has 3 aromatic rings. The number of rotatable bonds is 5. The van der Waals surface area contributed by atoms with Gasteiger partial charge in [0.25, 0.3) is 5.91 Å². The molecule has 3 N–H and O–H groups in total. The first-order valence-corrected chi connectivity index (χ1v) is 11.1. The Balaban J connectivity index is 1.52. The first-order valence-electron chi connectivity index (χ1n) is 11.1. The van der Waals surface area contributed by atoms with E-state index in [0.29, 0.717) is 17.0 Å². The number of ether oxygens (including phenoxy) is 1. The average Bonchev–Trinajstić information content (AvgIpc) is 3.35. The van der Waals surface area contributed by atoms with Crippen LogP contribution in [-0.4, -0.2) is 48.2 Å². The van der Waals surface area contributed by atoms with Gasteiger partial charge in [-0.05, 0) is 61.9 Å². The topological polar surface area (TPSA) is 108 Å². The van der Waals surface area contributed by atoms with Crippen LogP contribution in [0.4, 0.5) is 5.69 Å². The monoisotopic (exact) mass is 455 g/mol. The van der Waals surface area contributed by atoms with Gasteiger partial charge in [0.05, 0.1) is 29.5 Å². The van der Waals surface area contributed by atoms with E-state index in [1.165, 1.54) is 6.08 Å². The average molecular weight is 456 g/mol. The van der Waals surface area contributed by atoms with Gasteiger partial charge < -0.3 is 20.4 Å². The standard InChI is InChI=1S/C26H25N5O3/c1-3-23(32)30-21-12-16(5-6-22(21)34-2)19-11-17(7-10-28-19)20-13-18-24(31-20)26(15-29-25(18)33)8-4-9-27-14-26/h3,5-7,10-13,15,27,31H,1,4,8-9,14H2,2H3,(H,30,32). The maximum atomic E-state index is 12.6. The van der Waals surface area contributed by atoms with Crippen LogP contribution in [0.5, 0.6) is 5.75 Å². The number of carbonyl (C=O) groups excluding carboxylic acids is 2. The number of aromatic amines is 1. The number of pyridine rings is 1. The number of hydrogen-bond acceptors (Lipinski definition) is 5. The first-order chi connectivity index (χ1) is 16.5. The summed E-state index contributed by atoms with van der Waals surface area (Å²) in [4.78, 5) is 36.6. The summed E-state index contributed by atoms with van der Waals surface area (Å²) in [6.45, 7) is 5.22. The highest BCUT2D eigenvalue weighted by Gasteiger charge is 2.40. The van der Waals surface area contributed by atoms with Crippen molar-refractivity contribution in [2.24, 2.45) is 4.99 Å². The Labute approximate surface area is 197 Å². The highest BCUT2D eigenvalue weighted by atomic mass is 16.5. The molecule has 1 atom stereocenters. The molecule has 2 amide bonds. The molecule has 1 saturated heterocycles. The minimum Gasteiger partial charge on any atom is -0.495 e. The van der Waals surface area contributed by atoms with E-state index in [0.717, 1.165) is 54.1 Å². The van der Waals surface area contributed by atoms with E-state index in [4.69, 9.17) is 4.74 Å². The molecule has 1 fully saturated rings. The number of carbonyl (C=O) groups is 2. The molecule has 34 heavy (non-hydrogen) atoms. The molecule has 0 bridgehead atoms. The first kappa shape index (κ1) is 21.8. The number of fused-ring (bicyclic) bond motifs is 2. The molecule has 1 aromatic carbocycles. The van der Waals surface area contributed by atoms with Gasteiger partial charge in [0.15, 0.2) is 0 Å². The fourth-order valence-corrected chi connectivity index (χ4v) is 4.64. The molecule has 0 saturated carbocycles. The lowest BCUT2D eigenvalue weighted by Gasteiger charge is -2.35.